The van der Waals surface area contributed by atoms with Crippen LogP contribution in [0.15, 0.2) is 29.0 Å². The van der Waals surface area contributed by atoms with Gasteiger partial charge in [-0.3, -0.25) is 0 Å². The Morgan fingerprint density at radius 2 is 2.07 bits per heavy atom. The largest absolute Gasteiger partial charge is 0.411 e. The number of fused-ring (bicyclic) bond motifs is 10. The first-order valence-corrected chi connectivity index (χ1v) is 12.4. The summed E-state index contributed by atoms with van der Waals surface area (Å²) in [5.74, 6) is 4.79. The summed E-state index contributed by atoms with van der Waals surface area (Å²) in [7, 11) is 1.78. The molecule has 0 aromatic heterocycles. The van der Waals surface area contributed by atoms with E-state index < -0.39 is 0 Å². The van der Waals surface area contributed by atoms with Crippen LogP contribution in [0.3, 0.4) is 0 Å². The third kappa shape index (κ3) is 2.00. The Labute approximate surface area is 179 Å². The van der Waals surface area contributed by atoms with Crippen LogP contribution >= 0.6 is 0 Å². The molecular weight excluding hydrogens is 374 g/mol. The summed E-state index contributed by atoms with van der Waals surface area (Å²) >= 11 is 0. The van der Waals surface area contributed by atoms with E-state index >= 15 is 0 Å². The maximum atomic E-state index is 9.41. The molecule has 0 aromatic carbocycles. The van der Waals surface area contributed by atoms with Crippen LogP contribution in [-0.2, 0) is 9.47 Å². The lowest BCUT2D eigenvalue weighted by Crippen LogP contribution is -2.57. The first-order chi connectivity index (χ1) is 14.6. The lowest BCUT2D eigenvalue weighted by Gasteiger charge is -2.60. The van der Waals surface area contributed by atoms with E-state index in [4.69, 9.17) is 9.47 Å². The first-order valence-electron chi connectivity index (χ1n) is 12.4. The van der Waals surface area contributed by atoms with Crippen molar-refractivity contribution in [2.45, 2.75) is 76.6 Å². The van der Waals surface area contributed by atoms with Gasteiger partial charge in [-0.15, -0.1) is 0 Å². The standard InChI is InChI=1S/C26H35NO3/c1-3-25-8-6-16-17-5-4-15(27-28)12-20(17)24(10-11-24)14-19(16)23(25)18-13-21(18)26(25)9-7-22(29-2)30-26/h7,9,12,16-19,21-23,28H,3-6,8,10-11,13-14H2,1-2H3/b27-15+/t16?,17-,18+,19?,21-,22?,23?,25+,26+/m1/s1. The molecule has 162 valence electrons. The maximum Gasteiger partial charge on any atom is 0.177 e. The summed E-state index contributed by atoms with van der Waals surface area (Å²) in [5.41, 5.74) is 3.25. The van der Waals surface area contributed by atoms with Crippen LogP contribution in [0.25, 0.3) is 0 Å². The highest BCUT2D eigenvalue weighted by Gasteiger charge is 2.78. The molecule has 30 heavy (non-hydrogen) atoms. The Morgan fingerprint density at radius 3 is 2.77 bits per heavy atom. The van der Waals surface area contributed by atoms with E-state index in [1.807, 2.05) is 0 Å². The molecular formula is C26H35NO3. The third-order valence-corrected chi connectivity index (χ3v) is 11.0. The highest BCUT2D eigenvalue weighted by molar-refractivity contribution is 5.96. The predicted octanol–water partition coefficient (Wildman–Crippen LogP) is 5.32. The number of allylic oxidation sites excluding steroid dienone is 2. The number of ether oxygens (including phenoxy) is 2. The van der Waals surface area contributed by atoms with Crippen molar-refractivity contribution in [1.29, 1.82) is 0 Å². The minimum absolute atomic E-state index is 0.0706. The monoisotopic (exact) mass is 409 g/mol. The zero-order chi connectivity index (χ0) is 20.3. The highest BCUT2D eigenvalue weighted by atomic mass is 16.7. The number of nitrogens with zero attached hydrogens (tertiary/aromatic N) is 1. The van der Waals surface area contributed by atoms with Gasteiger partial charge in [0.2, 0.25) is 0 Å². The van der Waals surface area contributed by atoms with Gasteiger partial charge in [0, 0.05) is 12.5 Å². The molecule has 0 aromatic rings. The van der Waals surface area contributed by atoms with E-state index in [2.05, 4.69) is 30.3 Å². The van der Waals surface area contributed by atoms with E-state index in [0.717, 1.165) is 41.7 Å². The molecule has 1 N–H and O–H groups in total. The van der Waals surface area contributed by atoms with Crippen molar-refractivity contribution in [3.8, 4) is 0 Å². The molecule has 5 saturated carbocycles. The van der Waals surface area contributed by atoms with Crippen molar-refractivity contribution in [2.75, 3.05) is 7.11 Å². The van der Waals surface area contributed by atoms with E-state index in [1.165, 1.54) is 51.4 Å². The van der Waals surface area contributed by atoms with Gasteiger partial charge in [-0.25, -0.2) is 0 Å². The molecule has 4 heteroatoms. The van der Waals surface area contributed by atoms with Crippen LogP contribution in [0.5, 0.6) is 0 Å². The van der Waals surface area contributed by atoms with Crippen LogP contribution < -0.4 is 0 Å². The molecule has 0 amide bonds. The van der Waals surface area contributed by atoms with Crippen LogP contribution in [0, 0.1) is 46.3 Å². The zero-order valence-electron chi connectivity index (χ0n) is 18.3. The number of oxime groups is 1. The van der Waals surface area contributed by atoms with E-state index in [1.54, 1.807) is 12.7 Å². The summed E-state index contributed by atoms with van der Waals surface area (Å²) < 4.78 is 12.4. The second-order valence-electron chi connectivity index (χ2n) is 11.6. The van der Waals surface area contributed by atoms with Gasteiger partial charge in [-0.1, -0.05) is 23.7 Å². The molecule has 0 bridgehead atoms. The van der Waals surface area contributed by atoms with Crippen molar-refractivity contribution < 1.29 is 14.7 Å². The van der Waals surface area contributed by atoms with Gasteiger partial charge in [0.25, 0.3) is 0 Å². The van der Waals surface area contributed by atoms with Gasteiger partial charge in [0.05, 0.1) is 11.3 Å². The Balaban J connectivity index is 1.29. The fourth-order valence-corrected chi connectivity index (χ4v) is 9.82. The van der Waals surface area contributed by atoms with Gasteiger partial charge >= 0.3 is 0 Å². The molecule has 0 radical (unpaired) electrons. The quantitative estimate of drug-likeness (QED) is 0.381. The van der Waals surface area contributed by atoms with Crippen molar-refractivity contribution in [2.24, 2.45) is 51.5 Å². The summed E-state index contributed by atoms with van der Waals surface area (Å²) in [6.07, 6.45) is 18.3. The number of methoxy groups -OCH3 is 1. The maximum absolute atomic E-state index is 9.41. The first kappa shape index (κ1) is 18.4. The smallest absolute Gasteiger partial charge is 0.177 e. The van der Waals surface area contributed by atoms with Gasteiger partial charge in [-0.05, 0) is 111 Å². The Kier molecular flexibility index (Phi) is 3.57. The second kappa shape index (κ2) is 5.81. The molecule has 1 aliphatic heterocycles. The fraction of sp³-hybridized carbons (Fsp3) is 0.808. The summed E-state index contributed by atoms with van der Waals surface area (Å²) in [6.45, 7) is 2.43. The van der Waals surface area contributed by atoms with Crippen LogP contribution in [0.4, 0.5) is 0 Å². The minimum atomic E-state index is -0.156. The number of hydrogen-bond acceptors (Lipinski definition) is 4. The number of rotatable bonds is 2. The Morgan fingerprint density at radius 1 is 1.20 bits per heavy atom. The minimum Gasteiger partial charge on any atom is -0.411 e. The van der Waals surface area contributed by atoms with E-state index in [0.29, 0.717) is 16.7 Å². The Bertz CT molecular complexity index is 872. The molecule has 4 nitrogen and oxygen atoms in total. The number of hydrogen-bond donors (Lipinski definition) is 1. The van der Waals surface area contributed by atoms with Crippen molar-refractivity contribution in [3.05, 3.63) is 23.8 Å². The van der Waals surface area contributed by atoms with Gasteiger partial charge in [-0.2, -0.15) is 0 Å². The lowest BCUT2D eigenvalue weighted by atomic mass is 9.46. The Hall–Kier alpha value is -1.13. The predicted molar refractivity (Wildman–Crippen MR) is 114 cm³/mol. The third-order valence-electron chi connectivity index (χ3n) is 11.0. The van der Waals surface area contributed by atoms with Crippen LogP contribution in [0.2, 0.25) is 0 Å². The average Bonchev–Trinajstić information content (AvgIpc) is 3.69. The molecule has 7 aliphatic rings. The molecule has 2 spiro atoms. The van der Waals surface area contributed by atoms with Crippen molar-refractivity contribution in [3.63, 3.8) is 0 Å². The topological polar surface area (TPSA) is 51.1 Å². The van der Waals surface area contributed by atoms with Gasteiger partial charge < -0.3 is 14.7 Å². The fourth-order valence-electron chi connectivity index (χ4n) is 9.82. The normalized spacial score (nSPS) is 55.2. The van der Waals surface area contributed by atoms with Crippen LogP contribution in [-0.4, -0.2) is 29.9 Å². The van der Waals surface area contributed by atoms with Crippen molar-refractivity contribution in [1.82, 2.24) is 0 Å². The average molecular weight is 410 g/mol. The zero-order valence-corrected chi connectivity index (χ0v) is 18.3. The SMILES string of the molecule is CC[C@]12CCC3C(CC4(CC4)C4=C/C(=N/O)CC[C@@H]43)C1[C@H]1C[C@H]1[C@@]21C=CC(OC)O1. The van der Waals surface area contributed by atoms with E-state index in [9.17, 15) is 5.21 Å². The molecule has 0 saturated heterocycles. The highest BCUT2D eigenvalue weighted by Crippen LogP contribution is 2.80. The molecule has 9 atom stereocenters. The van der Waals surface area contributed by atoms with Gasteiger partial charge in [0.1, 0.15) is 0 Å². The van der Waals surface area contributed by atoms with Crippen LogP contribution in [0.1, 0.15) is 64.7 Å². The molecule has 1 heterocycles. The molecule has 7 rings (SSSR count). The molecule has 6 aliphatic carbocycles. The molecule has 5 fully saturated rings. The molecule has 4 unspecified atom stereocenters. The van der Waals surface area contributed by atoms with Crippen molar-refractivity contribution >= 4 is 5.71 Å². The second-order valence-corrected chi connectivity index (χ2v) is 11.6. The van der Waals surface area contributed by atoms with E-state index in [-0.39, 0.29) is 11.9 Å². The van der Waals surface area contributed by atoms with Gasteiger partial charge in [0.15, 0.2) is 6.29 Å². The summed E-state index contributed by atoms with van der Waals surface area (Å²) in [4.78, 5) is 0. The lowest BCUT2D eigenvalue weighted by molar-refractivity contribution is -0.211. The summed E-state index contributed by atoms with van der Waals surface area (Å²) in [5, 5.41) is 13.0. The summed E-state index contributed by atoms with van der Waals surface area (Å²) in [6, 6.07) is 0.